The van der Waals surface area contributed by atoms with Crippen LogP contribution in [0.5, 0.6) is 0 Å². The minimum absolute atomic E-state index is 0.0417. The molecule has 0 aliphatic carbocycles. The molecule has 1 aromatic carbocycles. The first-order valence-corrected chi connectivity index (χ1v) is 7.03. The Morgan fingerprint density at radius 2 is 2.00 bits per heavy atom. The van der Waals surface area contributed by atoms with Crippen LogP contribution in [-0.2, 0) is 10.3 Å². The van der Waals surface area contributed by atoms with Gasteiger partial charge in [-0.15, -0.1) is 0 Å². The number of hydrogen-bond donors (Lipinski definition) is 0. The van der Waals surface area contributed by atoms with E-state index in [1.807, 2.05) is 39.0 Å². The van der Waals surface area contributed by atoms with E-state index in [2.05, 4.69) is 10.1 Å². The zero-order valence-electron chi connectivity index (χ0n) is 12.8. The number of Topliss-reactive ketones (excluding diaryl/α,β-unsaturated/α-hetero) is 1. The van der Waals surface area contributed by atoms with E-state index in [1.54, 1.807) is 19.1 Å². The zero-order valence-corrected chi connectivity index (χ0v) is 12.8. The second kappa shape index (κ2) is 6.18. The number of carbonyl (C=O) groups is 1. The normalized spacial score (nSPS) is 13.1. The largest absolute Gasteiger partial charge is 0.368 e. The number of ketones is 1. The van der Waals surface area contributed by atoms with Crippen LogP contribution in [0.15, 0.2) is 34.9 Å². The molecule has 0 fully saturated rings. The number of nitrogens with zero attached hydrogens (tertiary/aromatic N) is 2. The van der Waals surface area contributed by atoms with Crippen LogP contribution in [-0.4, -0.2) is 22.5 Å². The fraction of sp³-hybridized carbons (Fsp3) is 0.438. The van der Waals surface area contributed by atoms with Gasteiger partial charge in [0.25, 0.3) is 0 Å². The quantitative estimate of drug-likeness (QED) is 0.763. The van der Waals surface area contributed by atoms with Crippen LogP contribution < -0.4 is 0 Å². The molecule has 0 saturated heterocycles. The molecule has 2 aromatic rings. The SMILES string of the molecule is CCOC(C)(C)c1noc(C(C)C(=O)c2ccccc2)n1. The van der Waals surface area contributed by atoms with Gasteiger partial charge in [0, 0.05) is 12.2 Å². The first kappa shape index (κ1) is 15.4. The molecule has 0 saturated carbocycles. The van der Waals surface area contributed by atoms with Crippen LogP contribution in [0.3, 0.4) is 0 Å². The van der Waals surface area contributed by atoms with Crippen molar-refractivity contribution in [1.82, 2.24) is 10.1 Å². The summed E-state index contributed by atoms with van der Waals surface area (Å²) in [6.45, 7) is 7.96. The highest BCUT2D eigenvalue weighted by Gasteiger charge is 2.30. The summed E-state index contributed by atoms with van der Waals surface area (Å²) >= 11 is 0. The summed E-state index contributed by atoms with van der Waals surface area (Å²) in [7, 11) is 0. The van der Waals surface area contributed by atoms with Crippen molar-refractivity contribution < 1.29 is 14.1 Å². The van der Waals surface area contributed by atoms with Gasteiger partial charge < -0.3 is 9.26 Å². The topological polar surface area (TPSA) is 65.2 Å². The number of ether oxygens (including phenoxy) is 1. The molecule has 0 radical (unpaired) electrons. The average molecular weight is 288 g/mol. The van der Waals surface area contributed by atoms with Gasteiger partial charge in [0.2, 0.25) is 11.7 Å². The van der Waals surface area contributed by atoms with E-state index >= 15 is 0 Å². The van der Waals surface area contributed by atoms with Crippen molar-refractivity contribution in [2.75, 3.05) is 6.61 Å². The Kier molecular flexibility index (Phi) is 4.53. The van der Waals surface area contributed by atoms with E-state index in [-0.39, 0.29) is 5.78 Å². The highest BCUT2D eigenvalue weighted by Crippen LogP contribution is 2.25. The average Bonchev–Trinajstić information content (AvgIpc) is 2.97. The van der Waals surface area contributed by atoms with Crippen molar-refractivity contribution in [1.29, 1.82) is 0 Å². The third kappa shape index (κ3) is 3.36. The Bertz CT molecular complexity index is 605. The standard InChI is InChI=1S/C16H20N2O3/c1-5-20-16(3,4)15-17-14(21-18-15)11(2)13(19)12-9-7-6-8-10-12/h6-11H,5H2,1-4H3. The van der Waals surface area contributed by atoms with Gasteiger partial charge in [-0.2, -0.15) is 4.98 Å². The van der Waals surface area contributed by atoms with E-state index in [1.165, 1.54) is 0 Å². The molecule has 0 amide bonds. The van der Waals surface area contributed by atoms with Gasteiger partial charge in [0.15, 0.2) is 5.78 Å². The van der Waals surface area contributed by atoms with Gasteiger partial charge in [-0.3, -0.25) is 4.79 Å². The molecule has 1 unspecified atom stereocenters. The molecule has 112 valence electrons. The molecular formula is C16H20N2O3. The maximum Gasteiger partial charge on any atom is 0.237 e. The van der Waals surface area contributed by atoms with Crippen molar-refractivity contribution in [2.24, 2.45) is 0 Å². The van der Waals surface area contributed by atoms with Gasteiger partial charge >= 0.3 is 0 Å². The Hall–Kier alpha value is -2.01. The minimum atomic E-state index is -0.633. The van der Waals surface area contributed by atoms with Crippen LogP contribution in [0.25, 0.3) is 0 Å². The van der Waals surface area contributed by atoms with Crippen LogP contribution in [0.4, 0.5) is 0 Å². The summed E-state index contributed by atoms with van der Waals surface area (Å²) in [5.41, 5.74) is 0.000243. The Labute approximate surface area is 124 Å². The Morgan fingerprint density at radius 3 is 2.62 bits per heavy atom. The lowest BCUT2D eigenvalue weighted by Crippen LogP contribution is -2.23. The fourth-order valence-electron chi connectivity index (χ4n) is 2.05. The summed E-state index contributed by atoms with van der Waals surface area (Å²) in [5, 5.41) is 3.94. The molecule has 5 nitrogen and oxygen atoms in total. The maximum atomic E-state index is 12.4. The molecule has 0 N–H and O–H groups in total. The van der Waals surface area contributed by atoms with Gasteiger partial charge in [-0.1, -0.05) is 35.5 Å². The zero-order chi connectivity index (χ0) is 15.5. The molecule has 0 spiro atoms. The van der Waals surface area contributed by atoms with E-state index in [9.17, 15) is 4.79 Å². The predicted octanol–water partition coefficient (Wildman–Crippen LogP) is 3.33. The monoisotopic (exact) mass is 288 g/mol. The summed E-state index contributed by atoms with van der Waals surface area (Å²) in [5.74, 6) is 0.241. The van der Waals surface area contributed by atoms with Crippen LogP contribution in [0, 0.1) is 0 Å². The molecular weight excluding hydrogens is 268 g/mol. The Balaban J connectivity index is 2.20. The second-order valence-electron chi connectivity index (χ2n) is 5.35. The molecule has 1 heterocycles. The van der Waals surface area contributed by atoms with Gasteiger partial charge in [-0.25, -0.2) is 0 Å². The van der Waals surface area contributed by atoms with Gasteiger partial charge in [0.1, 0.15) is 5.60 Å². The first-order chi connectivity index (χ1) is 9.95. The molecule has 1 aromatic heterocycles. The molecule has 1 atom stereocenters. The van der Waals surface area contributed by atoms with E-state index < -0.39 is 11.5 Å². The molecule has 2 rings (SSSR count). The van der Waals surface area contributed by atoms with Crippen molar-refractivity contribution in [3.8, 4) is 0 Å². The van der Waals surface area contributed by atoms with E-state index in [0.29, 0.717) is 23.9 Å². The first-order valence-electron chi connectivity index (χ1n) is 7.03. The highest BCUT2D eigenvalue weighted by atomic mass is 16.5. The van der Waals surface area contributed by atoms with E-state index in [0.717, 1.165) is 0 Å². The fourth-order valence-corrected chi connectivity index (χ4v) is 2.05. The molecule has 21 heavy (non-hydrogen) atoms. The number of rotatable bonds is 6. The lowest BCUT2D eigenvalue weighted by atomic mass is 9.99. The summed E-state index contributed by atoms with van der Waals surface area (Å²) in [6.07, 6.45) is 0. The third-order valence-corrected chi connectivity index (χ3v) is 3.31. The van der Waals surface area contributed by atoms with Crippen LogP contribution in [0.2, 0.25) is 0 Å². The van der Waals surface area contributed by atoms with Crippen LogP contribution >= 0.6 is 0 Å². The second-order valence-corrected chi connectivity index (χ2v) is 5.35. The molecule has 0 bridgehead atoms. The van der Waals surface area contributed by atoms with E-state index in [4.69, 9.17) is 9.26 Å². The summed E-state index contributed by atoms with van der Waals surface area (Å²) in [6, 6.07) is 9.09. The number of carbonyl (C=O) groups excluding carboxylic acids is 1. The molecule has 5 heteroatoms. The van der Waals surface area contributed by atoms with Gasteiger partial charge in [-0.05, 0) is 27.7 Å². The van der Waals surface area contributed by atoms with Crippen molar-refractivity contribution >= 4 is 5.78 Å². The molecule has 0 aliphatic rings. The predicted molar refractivity (Wildman–Crippen MR) is 78.1 cm³/mol. The molecule has 0 aliphatic heterocycles. The summed E-state index contributed by atoms with van der Waals surface area (Å²) < 4.78 is 10.8. The van der Waals surface area contributed by atoms with Crippen molar-refractivity contribution in [2.45, 2.75) is 39.2 Å². The smallest absolute Gasteiger partial charge is 0.237 e. The lowest BCUT2D eigenvalue weighted by Gasteiger charge is -2.19. The summed E-state index contributed by atoms with van der Waals surface area (Å²) in [4.78, 5) is 16.7. The van der Waals surface area contributed by atoms with Crippen molar-refractivity contribution in [3.05, 3.63) is 47.6 Å². The maximum absolute atomic E-state index is 12.4. The minimum Gasteiger partial charge on any atom is -0.368 e. The number of aromatic nitrogens is 2. The Morgan fingerprint density at radius 1 is 1.33 bits per heavy atom. The third-order valence-electron chi connectivity index (χ3n) is 3.31. The van der Waals surface area contributed by atoms with Crippen molar-refractivity contribution in [3.63, 3.8) is 0 Å². The lowest BCUT2D eigenvalue weighted by molar-refractivity contribution is -0.0221. The number of benzene rings is 1. The van der Waals surface area contributed by atoms with Crippen LogP contribution in [0.1, 0.15) is 55.7 Å². The number of hydrogen-bond acceptors (Lipinski definition) is 5. The highest BCUT2D eigenvalue weighted by molar-refractivity contribution is 6.00. The van der Waals surface area contributed by atoms with Gasteiger partial charge in [0.05, 0.1) is 5.92 Å².